The number of amides is 1. The highest BCUT2D eigenvalue weighted by atomic mass is 32.2. The Hall–Kier alpha value is -1.00. The maximum absolute atomic E-state index is 12.7. The molecule has 3 nitrogen and oxygen atoms in total. The molecular formula is C17H21NO2S. The number of fused-ring (bicyclic) bond motifs is 1. The van der Waals surface area contributed by atoms with Crippen LogP contribution in [-0.2, 0) is 16.0 Å². The first-order chi connectivity index (χ1) is 10.2. The van der Waals surface area contributed by atoms with Crippen LogP contribution >= 0.6 is 11.8 Å². The summed E-state index contributed by atoms with van der Waals surface area (Å²) in [5, 5.41) is 0.0853. The van der Waals surface area contributed by atoms with Crippen LogP contribution in [0.2, 0.25) is 0 Å². The van der Waals surface area contributed by atoms with Gasteiger partial charge in [0, 0.05) is 30.5 Å². The van der Waals surface area contributed by atoms with Gasteiger partial charge in [0.2, 0.25) is 5.91 Å². The van der Waals surface area contributed by atoms with E-state index in [0.29, 0.717) is 5.91 Å². The van der Waals surface area contributed by atoms with Crippen molar-refractivity contribution in [3.63, 3.8) is 0 Å². The number of carbonyl (C=O) groups excluding carboxylic acids is 1. The van der Waals surface area contributed by atoms with E-state index in [2.05, 4.69) is 29.2 Å². The molecule has 1 atom stereocenters. The highest BCUT2D eigenvalue weighted by Gasteiger charge is 2.55. The Balaban J connectivity index is 1.40. The predicted molar refractivity (Wildman–Crippen MR) is 83.4 cm³/mol. The number of carbonyl (C=O) groups is 1. The number of thioether (sulfide) groups is 1. The molecule has 0 aromatic heterocycles. The standard InChI is InChI=1S/C17H21NO2S/c1-20-11-17(13-6-7-13)9-18(10-17)16(19)15-8-12-4-2-3-5-14(12)21-15/h2-5,13,15H,6-11H2,1H3. The van der Waals surface area contributed by atoms with Gasteiger partial charge in [-0.1, -0.05) is 18.2 Å². The number of rotatable bonds is 4. The SMILES string of the molecule is COCC1(C2CC2)CN(C(=O)C2Cc3ccccc3S2)C1. The monoisotopic (exact) mass is 303 g/mol. The largest absolute Gasteiger partial charge is 0.384 e. The van der Waals surface area contributed by atoms with Gasteiger partial charge >= 0.3 is 0 Å². The molecule has 21 heavy (non-hydrogen) atoms. The highest BCUT2D eigenvalue weighted by molar-refractivity contribution is 8.01. The molecule has 0 spiro atoms. The third kappa shape index (κ3) is 2.29. The number of methoxy groups -OCH3 is 1. The maximum atomic E-state index is 12.7. The summed E-state index contributed by atoms with van der Waals surface area (Å²) in [4.78, 5) is 16.0. The molecule has 1 saturated carbocycles. The quantitative estimate of drug-likeness (QED) is 0.856. The summed E-state index contributed by atoms with van der Waals surface area (Å²) in [5.74, 6) is 1.11. The molecule has 1 unspecified atom stereocenters. The van der Waals surface area contributed by atoms with Crippen LogP contribution < -0.4 is 0 Å². The van der Waals surface area contributed by atoms with Gasteiger partial charge in [-0.2, -0.15) is 0 Å². The minimum absolute atomic E-state index is 0.0853. The van der Waals surface area contributed by atoms with E-state index in [9.17, 15) is 4.79 Å². The predicted octanol–water partition coefficient (Wildman–Crippen LogP) is 2.59. The van der Waals surface area contributed by atoms with Crippen LogP contribution in [0.5, 0.6) is 0 Å². The zero-order valence-electron chi connectivity index (χ0n) is 12.4. The Morgan fingerprint density at radius 1 is 1.38 bits per heavy atom. The first-order valence-electron chi connectivity index (χ1n) is 7.74. The van der Waals surface area contributed by atoms with E-state index in [1.807, 2.05) is 0 Å². The van der Waals surface area contributed by atoms with Gasteiger partial charge in [0.25, 0.3) is 0 Å². The van der Waals surface area contributed by atoms with Crippen LogP contribution in [0.15, 0.2) is 29.2 Å². The fourth-order valence-electron chi connectivity index (χ4n) is 3.84. The molecule has 2 heterocycles. The fourth-order valence-corrected chi connectivity index (χ4v) is 5.12. The molecule has 4 rings (SSSR count). The van der Waals surface area contributed by atoms with E-state index < -0.39 is 0 Å². The highest BCUT2D eigenvalue weighted by Crippen LogP contribution is 2.51. The second-order valence-electron chi connectivity index (χ2n) is 6.68. The van der Waals surface area contributed by atoms with Gasteiger partial charge < -0.3 is 9.64 Å². The second-order valence-corrected chi connectivity index (χ2v) is 7.93. The number of benzene rings is 1. The van der Waals surface area contributed by atoms with Gasteiger partial charge in [-0.15, -0.1) is 11.8 Å². The topological polar surface area (TPSA) is 29.5 Å². The Labute approximate surface area is 130 Å². The van der Waals surface area contributed by atoms with E-state index in [1.54, 1.807) is 18.9 Å². The van der Waals surface area contributed by atoms with Crippen molar-refractivity contribution in [3.8, 4) is 0 Å². The van der Waals surface area contributed by atoms with Crippen molar-refractivity contribution in [1.29, 1.82) is 0 Å². The molecule has 1 saturated heterocycles. The molecule has 112 valence electrons. The van der Waals surface area contributed by atoms with Crippen LogP contribution in [0.1, 0.15) is 18.4 Å². The maximum Gasteiger partial charge on any atom is 0.236 e. The number of hydrogen-bond acceptors (Lipinski definition) is 3. The third-order valence-corrected chi connectivity index (χ3v) is 6.43. The molecular weight excluding hydrogens is 282 g/mol. The lowest BCUT2D eigenvalue weighted by atomic mass is 9.75. The van der Waals surface area contributed by atoms with E-state index in [1.165, 1.54) is 23.3 Å². The molecule has 1 aromatic rings. The van der Waals surface area contributed by atoms with Crippen molar-refractivity contribution in [1.82, 2.24) is 4.90 Å². The first kappa shape index (κ1) is 13.6. The molecule has 0 N–H and O–H groups in total. The fraction of sp³-hybridized carbons (Fsp3) is 0.588. The zero-order valence-corrected chi connectivity index (χ0v) is 13.2. The normalized spacial score (nSPS) is 26.3. The van der Waals surface area contributed by atoms with Crippen molar-refractivity contribution >= 4 is 17.7 Å². The van der Waals surface area contributed by atoms with Crippen molar-refractivity contribution < 1.29 is 9.53 Å². The molecule has 2 fully saturated rings. The average Bonchev–Trinajstić information content (AvgIpc) is 3.20. The number of likely N-dealkylation sites (tertiary alicyclic amines) is 1. The summed E-state index contributed by atoms with van der Waals surface area (Å²) in [6.45, 7) is 2.61. The number of hydrogen-bond donors (Lipinski definition) is 0. The molecule has 2 aliphatic heterocycles. The van der Waals surface area contributed by atoms with Crippen molar-refractivity contribution in [2.45, 2.75) is 29.4 Å². The first-order valence-corrected chi connectivity index (χ1v) is 8.62. The van der Waals surface area contributed by atoms with Gasteiger partial charge in [-0.3, -0.25) is 4.79 Å². The van der Waals surface area contributed by atoms with Crippen LogP contribution in [0, 0.1) is 11.3 Å². The van der Waals surface area contributed by atoms with Crippen LogP contribution in [0.4, 0.5) is 0 Å². The van der Waals surface area contributed by atoms with Crippen LogP contribution in [0.3, 0.4) is 0 Å². The smallest absolute Gasteiger partial charge is 0.236 e. The third-order valence-electron chi connectivity index (χ3n) is 5.12. The zero-order chi connectivity index (χ0) is 14.4. The Bertz CT molecular complexity index is 539. The molecule has 4 heteroatoms. The second kappa shape index (κ2) is 5.03. The Morgan fingerprint density at radius 2 is 2.14 bits per heavy atom. The minimum Gasteiger partial charge on any atom is -0.384 e. The average molecular weight is 303 g/mol. The summed E-state index contributed by atoms with van der Waals surface area (Å²) in [6.07, 6.45) is 3.51. The van der Waals surface area contributed by atoms with Crippen LogP contribution in [-0.4, -0.2) is 42.9 Å². The summed E-state index contributed by atoms with van der Waals surface area (Å²) in [7, 11) is 1.78. The molecule has 3 aliphatic rings. The van der Waals surface area contributed by atoms with E-state index in [-0.39, 0.29) is 10.7 Å². The van der Waals surface area contributed by atoms with Crippen LogP contribution in [0.25, 0.3) is 0 Å². The van der Waals surface area contributed by atoms with E-state index >= 15 is 0 Å². The van der Waals surface area contributed by atoms with Gasteiger partial charge in [-0.25, -0.2) is 0 Å². The molecule has 1 aromatic carbocycles. The lowest BCUT2D eigenvalue weighted by Gasteiger charge is -2.51. The summed E-state index contributed by atoms with van der Waals surface area (Å²) in [5.41, 5.74) is 1.59. The number of nitrogens with zero attached hydrogens (tertiary/aromatic N) is 1. The van der Waals surface area contributed by atoms with Gasteiger partial charge in [0.15, 0.2) is 0 Å². The van der Waals surface area contributed by atoms with Gasteiger partial charge in [0.05, 0.1) is 11.9 Å². The van der Waals surface area contributed by atoms with Crippen molar-refractivity contribution in [2.24, 2.45) is 11.3 Å². The summed E-state index contributed by atoms with van der Waals surface area (Å²) < 4.78 is 5.41. The summed E-state index contributed by atoms with van der Waals surface area (Å²) in [6, 6.07) is 8.39. The van der Waals surface area contributed by atoms with E-state index in [4.69, 9.17) is 4.74 Å². The van der Waals surface area contributed by atoms with Crippen molar-refractivity contribution in [3.05, 3.63) is 29.8 Å². The van der Waals surface area contributed by atoms with Crippen molar-refractivity contribution in [2.75, 3.05) is 26.8 Å². The van der Waals surface area contributed by atoms with Gasteiger partial charge in [-0.05, 0) is 36.8 Å². The lowest BCUT2D eigenvalue weighted by molar-refractivity contribution is -0.148. The number of ether oxygens (including phenoxy) is 1. The Kier molecular flexibility index (Phi) is 3.27. The summed E-state index contributed by atoms with van der Waals surface area (Å²) >= 11 is 1.74. The molecule has 0 bridgehead atoms. The lowest BCUT2D eigenvalue weighted by Crippen LogP contribution is -2.63. The minimum atomic E-state index is 0.0853. The van der Waals surface area contributed by atoms with Gasteiger partial charge in [0.1, 0.15) is 0 Å². The molecule has 0 radical (unpaired) electrons. The molecule has 1 aliphatic carbocycles. The molecule has 1 amide bonds. The Morgan fingerprint density at radius 3 is 2.81 bits per heavy atom. The van der Waals surface area contributed by atoms with E-state index in [0.717, 1.165) is 32.0 Å².